The van der Waals surface area contributed by atoms with Crippen LogP contribution < -0.4 is 0 Å². The molecule has 0 aliphatic heterocycles. The molecule has 1 heteroatoms. The zero-order valence-electron chi connectivity index (χ0n) is 26.9. The van der Waals surface area contributed by atoms with Gasteiger partial charge in [-0.2, -0.15) is 0 Å². The van der Waals surface area contributed by atoms with Crippen molar-refractivity contribution < 1.29 is 0 Å². The molecule has 48 heavy (non-hydrogen) atoms. The van der Waals surface area contributed by atoms with Gasteiger partial charge in [0.2, 0.25) is 0 Å². The highest BCUT2D eigenvalue weighted by Crippen LogP contribution is 2.51. The standard InChI is InChI=1S/C47H31N/c1-47(2)42-16-7-5-12-35(42)40-24-30-27-45-41(25-29(30)26-43(40)47)36-13-6-8-17-44(36)48(45)31-20-18-28(19-21-31)32-22-23-39-34-11-4-3-10-33(34)38-15-9-14-37(32)46(38)39/h3-27H,1-2H3. The second kappa shape index (κ2) is 9.12. The monoisotopic (exact) mass is 609 g/mol. The highest BCUT2D eigenvalue weighted by atomic mass is 15.0. The van der Waals surface area contributed by atoms with Crippen LogP contribution in [0, 0.1) is 0 Å². The highest BCUT2D eigenvalue weighted by Gasteiger charge is 2.35. The maximum absolute atomic E-state index is 2.45. The van der Waals surface area contributed by atoms with E-state index in [0.717, 1.165) is 0 Å². The summed E-state index contributed by atoms with van der Waals surface area (Å²) in [5.41, 5.74) is 17.1. The zero-order valence-corrected chi connectivity index (χ0v) is 26.9. The van der Waals surface area contributed by atoms with Gasteiger partial charge in [-0.15, -0.1) is 0 Å². The molecule has 224 valence electrons. The normalized spacial score (nSPS) is 13.8. The van der Waals surface area contributed by atoms with Crippen molar-refractivity contribution in [3.8, 4) is 50.2 Å². The summed E-state index contributed by atoms with van der Waals surface area (Å²) in [4.78, 5) is 0. The van der Waals surface area contributed by atoms with Crippen molar-refractivity contribution in [2.75, 3.05) is 0 Å². The lowest BCUT2D eigenvalue weighted by molar-refractivity contribution is 0.661. The van der Waals surface area contributed by atoms with Gasteiger partial charge in [0.25, 0.3) is 0 Å². The van der Waals surface area contributed by atoms with Gasteiger partial charge < -0.3 is 4.57 Å². The summed E-state index contributed by atoms with van der Waals surface area (Å²) < 4.78 is 2.45. The Labute approximate surface area is 279 Å². The van der Waals surface area contributed by atoms with Crippen LogP contribution in [0.2, 0.25) is 0 Å². The van der Waals surface area contributed by atoms with Gasteiger partial charge in [-0.1, -0.05) is 123 Å². The third-order valence-electron chi connectivity index (χ3n) is 11.3. The molecule has 2 aliphatic rings. The number of nitrogens with zero attached hydrogens (tertiary/aromatic N) is 1. The second-order valence-electron chi connectivity index (χ2n) is 14.1. The molecule has 9 aromatic rings. The molecule has 0 atom stereocenters. The van der Waals surface area contributed by atoms with Crippen LogP contribution in [0.5, 0.6) is 0 Å². The molecule has 1 nitrogen and oxygen atoms in total. The first-order chi connectivity index (χ1) is 23.6. The molecule has 1 heterocycles. The van der Waals surface area contributed by atoms with Gasteiger partial charge in [-0.05, 0) is 120 Å². The van der Waals surface area contributed by atoms with Gasteiger partial charge in [0.1, 0.15) is 0 Å². The van der Waals surface area contributed by atoms with E-state index in [2.05, 4.69) is 170 Å². The van der Waals surface area contributed by atoms with Crippen LogP contribution in [0.25, 0.3) is 93.5 Å². The summed E-state index contributed by atoms with van der Waals surface area (Å²) in [6.07, 6.45) is 0. The fourth-order valence-electron chi connectivity index (χ4n) is 9.04. The summed E-state index contributed by atoms with van der Waals surface area (Å²) in [5, 5.41) is 7.84. The van der Waals surface area contributed by atoms with Crippen molar-refractivity contribution in [2.45, 2.75) is 19.3 Å². The summed E-state index contributed by atoms with van der Waals surface area (Å²) in [7, 11) is 0. The van der Waals surface area contributed by atoms with E-state index in [4.69, 9.17) is 0 Å². The Balaban J connectivity index is 1.09. The van der Waals surface area contributed by atoms with Gasteiger partial charge in [0.15, 0.2) is 0 Å². The predicted molar refractivity (Wildman–Crippen MR) is 203 cm³/mol. The average Bonchev–Trinajstić information content (AvgIpc) is 3.71. The Morgan fingerprint density at radius 2 is 1.04 bits per heavy atom. The minimum absolute atomic E-state index is 0.0141. The van der Waals surface area contributed by atoms with Gasteiger partial charge in [0, 0.05) is 21.9 Å². The lowest BCUT2D eigenvalue weighted by Gasteiger charge is -2.21. The molecular weight excluding hydrogens is 579 g/mol. The van der Waals surface area contributed by atoms with Crippen LogP contribution in [-0.2, 0) is 5.41 Å². The first kappa shape index (κ1) is 26.2. The number of hydrogen-bond acceptors (Lipinski definition) is 0. The van der Waals surface area contributed by atoms with Crippen LogP contribution in [-0.4, -0.2) is 4.57 Å². The fraction of sp³-hybridized carbons (Fsp3) is 0.0638. The summed E-state index contributed by atoms with van der Waals surface area (Å²) in [6, 6.07) is 56.8. The molecule has 0 fully saturated rings. The number of hydrogen-bond donors (Lipinski definition) is 0. The largest absolute Gasteiger partial charge is 0.309 e. The molecule has 0 unspecified atom stereocenters. The van der Waals surface area contributed by atoms with Crippen molar-refractivity contribution in [3.05, 3.63) is 163 Å². The van der Waals surface area contributed by atoms with E-state index in [-0.39, 0.29) is 5.41 Å². The molecule has 0 amide bonds. The van der Waals surface area contributed by atoms with E-state index in [0.29, 0.717) is 0 Å². The Hall–Kier alpha value is -5.92. The SMILES string of the molecule is CC1(C)c2ccccc2-c2cc3cc4c(cc3cc21)c1ccccc1n4-c1ccc(-c2ccc3c4c(cccc24)-c2ccccc2-3)cc1. The van der Waals surface area contributed by atoms with E-state index in [1.807, 2.05) is 0 Å². The maximum Gasteiger partial charge on any atom is 0.0547 e. The predicted octanol–water partition coefficient (Wildman–Crippen LogP) is 12.7. The molecule has 0 bridgehead atoms. The summed E-state index contributed by atoms with van der Waals surface area (Å²) in [5.74, 6) is 0. The fourth-order valence-corrected chi connectivity index (χ4v) is 9.04. The Kier molecular flexibility index (Phi) is 4.97. The topological polar surface area (TPSA) is 4.93 Å². The van der Waals surface area contributed by atoms with E-state index in [1.165, 1.54) is 105 Å². The molecule has 0 radical (unpaired) electrons. The average molecular weight is 610 g/mol. The van der Waals surface area contributed by atoms with Crippen molar-refractivity contribution >= 4 is 43.4 Å². The van der Waals surface area contributed by atoms with Crippen molar-refractivity contribution in [1.29, 1.82) is 0 Å². The van der Waals surface area contributed by atoms with Crippen molar-refractivity contribution in [1.82, 2.24) is 4.57 Å². The molecule has 2 aliphatic carbocycles. The quantitative estimate of drug-likeness (QED) is 0.184. The number of para-hydroxylation sites is 1. The number of rotatable bonds is 2. The van der Waals surface area contributed by atoms with E-state index in [1.54, 1.807) is 0 Å². The van der Waals surface area contributed by atoms with Gasteiger partial charge >= 0.3 is 0 Å². The van der Waals surface area contributed by atoms with Crippen LogP contribution in [0.1, 0.15) is 25.0 Å². The van der Waals surface area contributed by atoms with Gasteiger partial charge in [-0.25, -0.2) is 0 Å². The van der Waals surface area contributed by atoms with Crippen LogP contribution >= 0.6 is 0 Å². The van der Waals surface area contributed by atoms with Gasteiger partial charge in [0.05, 0.1) is 11.0 Å². The first-order valence-electron chi connectivity index (χ1n) is 16.9. The lowest BCUT2D eigenvalue weighted by Crippen LogP contribution is -2.14. The summed E-state index contributed by atoms with van der Waals surface area (Å²) >= 11 is 0. The number of benzene rings is 8. The molecule has 0 saturated carbocycles. The molecule has 0 saturated heterocycles. The summed E-state index contributed by atoms with van der Waals surface area (Å²) in [6.45, 7) is 4.72. The van der Waals surface area contributed by atoms with E-state index < -0.39 is 0 Å². The maximum atomic E-state index is 2.45. The second-order valence-corrected chi connectivity index (χ2v) is 14.1. The van der Waals surface area contributed by atoms with E-state index in [9.17, 15) is 0 Å². The first-order valence-corrected chi connectivity index (χ1v) is 16.9. The minimum atomic E-state index is -0.0141. The number of aromatic nitrogens is 1. The molecule has 1 aromatic heterocycles. The lowest BCUT2D eigenvalue weighted by atomic mass is 9.82. The molecular formula is C47H31N. The molecule has 0 spiro atoms. The Morgan fingerprint density at radius 3 is 1.88 bits per heavy atom. The smallest absolute Gasteiger partial charge is 0.0547 e. The highest BCUT2D eigenvalue weighted by molar-refractivity contribution is 6.19. The third kappa shape index (κ3) is 3.31. The Bertz CT molecular complexity index is 2820. The Morgan fingerprint density at radius 1 is 0.396 bits per heavy atom. The van der Waals surface area contributed by atoms with Crippen molar-refractivity contribution in [3.63, 3.8) is 0 Å². The molecule has 8 aromatic carbocycles. The van der Waals surface area contributed by atoms with E-state index >= 15 is 0 Å². The zero-order chi connectivity index (χ0) is 31.7. The van der Waals surface area contributed by atoms with Crippen LogP contribution in [0.3, 0.4) is 0 Å². The minimum Gasteiger partial charge on any atom is -0.309 e. The van der Waals surface area contributed by atoms with Crippen LogP contribution in [0.15, 0.2) is 152 Å². The number of fused-ring (bicyclic) bond motifs is 10. The molecule has 11 rings (SSSR count). The molecule has 0 N–H and O–H groups in total. The van der Waals surface area contributed by atoms with Gasteiger partial charge in [-0.3, -0.25) is 0 Å². The van der Waals surface area contributed by atoms with Crippen LogP contribution in [0.4, 0.5) is 0 Å². The van der Waals surface area contributed by atoms with Crippen molar-refractivity contribution in [2.24, 2.45) is 0 Å². The third-order valence-corrected chi connectivity index (χ3v) is 11.3.